The van der Waals surface area contributed by atoms with Crippen LogP contribution < -0.4 is 10.7 Å². The molecule has 0 spiro atoms. The van der Waals surface area contributed by atoms with Crippen LogP contribution in [0.2, 0.25) is 0 Å². The van der Waals surface area contributed by atoms with E-state index in [1.807, 2.05) is 32.0 Å². The smallest absolute Gasteiger partial charge is 0.261 e. The first-order chi connectivity index (χ1) is 13.3. The van der Waals surface area contributed by atoms with Crippen molar-refractivity contribution in [1.82, 2.24) is 4.57 Å². The Labute approximate surface area is 166 Å². The first kappa shape index (κ1) is 21.9. The largest absolute Gasteiger partial charge is 0.345 e. The molecule has 4 nitrogen and oxygen atoms in total. The molecule has 0 fully saturated rings. The van der Waals surface area contributed by atoms with Crippen LogP contribution in [0.5, 0.6) is 0 Å². The van der Waals surface area contributed by atoms with Crippen molar-refractivity contribution in [3.63, 3.8) is 0 Å². The van der Waals surface area contributed by atoms with Crippen molar-refractivity contribution in [3.05, 3.63) is 62.3 Å². The van der Waals surface area contributed by atoms with E-state index in [2.05, 4.69) is 12.2 Å². The highest BCUT2D eigenvalue weighted by Crippen LogP contribution is 2.22. The van der Waals surface area contributed by atoms with Crippen molar-refractivity contribution in [1.29, 1.82) is 0 Å². The number of anilines is 1. The number of aromatic nitrogens is 1. The van der Waals surface area contributed by atoms with Crippen LogP contribution >= 0.6 is 0 Å². The Morgan fingerprint density at radius 1 is 1.07 bits per heavy atom. The number of carbonyl (C=O) groups is 1. The van der Waals surface area contributed by atoms with Gasteiger partial charge in [0.25, 0.3) is 5.91 Å². The van der Waals surface area contributed by atoms with Gasteiger partial charge in [-0.05, 0) is 44.7 Å². The zero-order valence-electron chi connectivity index (χ0n) is 17.6. The molecule has 0 aliphatic rings. The number of benzene rings is 1. The summed E-state index contributed by atoms with van der Waals surface area (Å²) < 4.78 is 16.4. The molecule has 2 aromatic rings. The molecule has 152 valence electrons. The van der Waals surface area contributed by atoms with Crippen LogP contribution in [-0.4, -0.2) is 10.5 Å². The summed E-state index contributed by atoms with van der Waals surface area (Å²) >= 11 is 0. The summed E-state index contributed by atoms with van der Waals surface area (Å²) in [5.41, 5.74) is 2.47. The van der Waals surface area contributed by atoms with Gasteiger partial charge in [0.05, 0.1) is 5.69 Å². The lowest BCUT2D eigenvalue weighted by Crippen LogP contribution is -2.30. The second-order valence-electron chi connectivity index (χ2n) is 7.32. The van der Waals surface area contributed by atoms with Gasteiger partial charge >= 0.3 is 0 Å². The van der Waals surface area contributed by atoms with E-state index in [1.54, 1.807) is 18.4 Å². The molecule has 5 heteroatoms. The fourth-order valence-corrected chi connectivity index (χ4v) is 3.62. The van der Waals surface area contributed by atoms with E-state index in [4.69, 9.17) is 0 Å². The first-order valence-corrected chi connectivity index (χ1v) is 10.1. The molecule has 1 heterocycles. The minimum atomic E-state index is -0.841. The van der Waals surface area contributed by atoms with E-state index >= 15 is 0 Å². The molecule has 2 rings (SSSR count). The van der Waals surface area contributed by atoms with Gasteiger partial charge in [-0.1, -0.05) is 51.3 Å². The quantitative estimate of drug-likeness (QED) is 0.625. The average molecular weight is 387 g/mol. The predicted molar refractivity (Wildman–Crippen MR) is 113 cm³/mol. The average Bonchev–Trinajstić information content (AvgIpc) is 2.67. The third kappa shape index (κ3) is 4.51. The highest BCUT2D eigenvalue weighted by atomic mass is 19.1. The van der Waals surface area contributed by atoms with Gasteiger partial charge in [-0.25, -0.2) is 4.39 Å². The predicted octanol–water partition coefficient (Wildman–Crippen LogP) is 5.31. The van der Waals surface area contributed by atoms with Crippen LogP contribution in [0.1, 0.15) is 72.4 Å². The number of nitrogens with zero attached hydrogens (tertiary/aromatic N) is 1. The Balaban J connectivity index is 2.43. The normalized spacial score (nSPS) is 10.9. The lowest BCUT2D eigenvalue weighted by molar-refractivity contribution is 0.102. The second-order valence-corrected chi connectivity index (χ2v) is 7.32. The summed E-state index contributed by atoms with van der Waals surface area (Å²) in [5, 5.41) is 2.86. The number of pyridine rings is 1. The first-order valence-electron chi connectivity index (χ1n) is 10.1. The van der Waals surface area contributed by atoms with Crippen LogP contribution in [-0.2, 0) is 13.0 Å². The van der Waals surface area contributed by atoms with Crippen molar-refractivity contribution in [2.45, 2.75) is 73.3 Å². The number of amides is 1. The maximum Gasteiger partial charge on any atom is 0.261 e. The van der Waals surface area contributed by atoms with Crippen LogP contribution in [0.25, 0.3) is 0 Å². The van der Waals surface area contributed by atoms with E-state index < -0.39 is 17.2 Å². The van der Waals surface area contributed by atoms with Gasteiger partial charge < -0.3 is 9.88 Å². The highest BCUT2D eigenvalue weighted by Gasteiger charge is 2.23. The third-order valence-electron chi connectivity index (χ3n) is 5.36. The number of unbranched alkanes of at least 4 members (excludes halogenated alkanes) is 3. The van der Waals surface area contributed by atoms with Crippen molar-refractivity contribution >= 4 is 11.6 Å². The number of para-hydroxylation sites is 1. The Bertz CT molecular complexity index is 916. The molecule has 1 N–H and O–H groups in total. The van der Waals surface area contributed by atoms with Gasteiger partial charge in [0.1, 0.15) is 5.56 Å². The molecule has 0 saturated carbocycles. The summed E-state index contributed by atoms with van der Waals surface area (Å²) in [6.07, 6.45) is 4.89. The minimum absolute atomic E-state index is 0.108. The van der Waals surface area contributed by atoms with E-state index in [-0.39, 0.29) is 5.56 Å². The van der Waals surface area contributed by atoms with Crippen LogP contribution in [0, 0.1) is 26.6 Å². The van der Waals surface area contributed by atoms with E-state index in [9.17, 15) is 14.0 Å². The van der Waals surface area contributed by atoms with Crippen molar-refractivity contribution < 1.29 is 9.18 Å². The van der Waals surface area contributed by atoms with Crippen LogP contribution in [0.4, 0.5) is 10.1 Å². The van der Waals surface area contributed by atoms with E-state index in [0.29, 0.717) is 23.6 Å². The molecule has 0 unspecified atom stereocenters. The number of halogens is 1. The number of hydrogen-bond donors (Lipinski definition) is 1. The van der Waals surface area contributed by atoms with Gasteiger partial charge in [0.15, 0.2) is 5.82 Å². The zero-order valence-corrected chi connectivity index (χ0v) is 17.6. The van der Waals surface area contributed by atoms with Gasteiger partial charge in [0.2, 0.25) is 5.43 Å². The lowest BCUT2D eigenvalue weighted by atomic mass is 10.0. The number of hydrogen-bond acceptors (Lipinski definition) is 2. The summed E-state index contributed by atoms with van der Waals surface area (Å²) in [4.78, 5) is 25.5. The molecule has 0 saturated heterocycles. The van der Waals surface area contributed by atoms with Crippen molar-refractivity contribution in [2.24, 2.45) is 0 Å². The van der Waals surface area contributed by atoms with E-state index in [1.165, 1.54) is 0 Å². The highest BCUT2D eigenvalue weighted by molar-refractivity contribution is 6.05. The number of carbonyl (C=O) groups excluding carboxylic acids is 1. The standard InChI is InChI=1S/C23H31FN2O2/c1-6-8-9-10-14-26-16(4)19(22(27)20(24)17(26)5)23(28)25-21-15(3)12-11-13-18(21)7-2/h11-13H,6-10,14H2,1-5H3,(H,25,28). The minimum Gasteiger partial charge on any atom is -0.345 e. The third-order valence-corrected chi connectivity index (χ3v) is 5.36. The fourth-order valence-electron chi connectivity index (χ4n) is 3.62. The molecular formula is C23H31FN2O2. The summed E-state index contributed by atoms with van der Waals surface area (Å²) in [7, 11) is 0. The maximum atomic E-state index is 14.6. The Morgan fingerprint density at radius 2 is 1.79 bits per heavy atom. The molecule has 0 atom stereocenters. The van der Waals surface area contributed by atoms with Gasteiger partial charge in [-0.15, -0.1) is 0 Å². The number of aryl methyl sites for hydroxylation is 2. The molecule has 1 amide bonds. The molecule has 0 aliphatic heterocycles. The summed E-state index contributed by atoms with van der Waals surface area (Å²) in [6.45, 7) is 9.96. The second kappa shape index (κ2) is 9.67. The van der Waals surface area contributed by atoms with Crippen LogP contribution in [0.15, 0.2) is 23.0 Å². The van der Waals surface area contributed by atoms with Crippen LogP contribution in [0.3, 0.4) is 0 Å². The summed E-state index contributed by atoms with van der Waals surface area (Å²) in [5.74, 6) is -1.39. The Morgan fingerprint density at radius 3 is 2.43 bits per heavy atom. The monoisotopic (exact) mass is 386 g/mol. The van der Waals surface area contributed by atoms with E-state index in [0.717, 1.165) is 43.2 Å². The van der Waals surface area contributed by atoms with Gasteiger partial charge in [0, 0.05) is 17.9 Å². The molecule has 0 radical (unpaired) electrons. The van der Waals surface area contributed by atoms with Gasteiger partial charge in [-0.2, -0.15) is 0 Å². The molecule has 1 aromatic carbocycles. The lowest BCUT2D eigenvalue weighted by Gasteiger charge is -2.19. The molecule has 0 aliphatic carbocycles. The summed E-state index contributed by atoms with van der Waals surface area (Å²) in [6, 6.07) is 5.78. The molecule has 28 heavy (non-hydrogen) atoms. The molecule has 1 aromatic heterocycles. The van der Waals surface area contributed by atoms with Crippen molar-refractivity contribution in [2.75, 3.05) is 5.32 Å². The van der Waals surface area contributed by atoms with Gasteiger partial charge in [-0.3, -0.25) is 9.59 Å². The fraction of sp³-hybridized carbons (Fsp3) is 0.478. The SMILES string of the molecule is CCCCCCn1c(C)c(F)c(=O)c(C(=O)Nc2c(C)cccc2CC)c1C. The van der Waals surface area contributed by atoms with Crippen molar-refractivity contribution in [3.8, 4) is 0 Å². The molecular weight excluding hydrogens is 355 g/mol. The zero-order chi connectivity index (χ0) is 20.8. The Kier molecular flexibility index (Phi) is 7.55. The molecule has 0 bridgehead atoms. The number of rotatable bonds is 8. The topological polar surface area (TPSA) is 51.1 Å². The maximum absolute atomic E-state index is 14.6. The number of nitrogens with one attached hydrogen (secondary N) is 1. The Hall–Kier alpha value is -2.43.